The number of hydrogen-bond donors (Lipinski definition) is 0. The molecule has 0 bridgehead atoms. The summed E-state index contributed by atoms with van der Waals surface area (Å²) in [5, 5.41) is 0. The van der Waals surface area contributed by atoms with Gasteiger partial charge in [0.15, 0.2) is 0 Å². The van der Waals surface area contributed by atoms with E-state index in [4.69, 9.17) is 0 Å². The van der Waals surface area contributed by atoms with E-state index in [1.54, 1.807) is 0 Å². The zero-order valence-corrected chi connectivity index (χ0v) is 17.3. The Kier molecular flexibility index (Phi) is 16.5. The summed E-state index contributed by atoms with van der Waals surface area (Å²) >= 11 is 9.45. The van der Waals surface area contributed by atoms with Gasteiger partial charge in [0.05, 0.1) is 0 Å². The van der Waals surface area contributed by atoms with E-state index in [0.29, 0.717) is 4.75 Å². The topological polar surface area (TPSA) is 0 Å². The van der Waals surface area contributed by atoms with Crippen molar-refractivity contribution in [3.05, 3.63) is 0 Å². The second-order valence-corrected chi connectivity index (χ2v) is 40.8. The van der Waals surface area contributed by atoms with E-state index >= 15 is 0 Å². The van der Waals surface area contributed by atoms with Gasteiger partial charge in [-0.2, -0.15) is 11.8 Å². The van der Waals surface area contributed by atoms with Crippen molar-refractivity contribution in [2.45, 2.75) is 45.3 Å². The fraction of sp³-hybridized carbons (Fsp3) is 1.00. The third-order valence-corrected chi connectivity index (χ3v) is 2.39. The quantitative estimate of drug-likeness (QED) is 0.294. The molecule has 5 heteroatoms. The van der Waals surface area contributed by atoms with Crippen LogP contribution < -0.4 is 0 Å². The molecule has 0 spiro atoms. The van der Waals surface area contributed by atoms with E-state index in [-0.39, 0.29) is 4.92 Å². The van der Waals surface area contributed by atoms with Gasteiger partial charge in [0, 0.05) is 4.75 Å². The van der Waals surface area contributed by atoms with Crippen molar-refractivity contribution in [3.63, 3.8) is 0 Å². The predicted octanol–water partition coefficient (Wildman–Crippen LogP) is 5.97. The monoisotopic (exact) mass is 578 g/mol. The van der Waals surface area contributed by atoms with Gasteiger partial charge in [-0.15, -0.1) is 0 Å². The van der Waals surface area contributed by atoms with E-state index in [9.17, 15) is 0 Å². The average molecular weight is 578 g/mol. The van der Waals surface area contributed by atoms with Crippen LogP contribution in [0.5, 0.6) is 0 Å². The van der Waals surface area contributed by atoms with E-state index in [1.165, 1.54) is 18.6 Å². The maximum absolute atomic E-state index is 2.46. The predicted molar refractivity (Wildman–Crippen MR) is 89.2 cm³/mol. The third-order valence-electron chi connectivity index (χ3n) is 1.03. The van der Waals surface area contributed by atoms with Gasteiger partial charge in [0.25, 0.3) is 0 Å². The molecule has 0 radical (unpaired) electrons. The van der Waals surface area contributed by atoms with Crippen LogP contribution in [0.3, 0.4) is 0 Å². The molecule has 0 N–H and O–H groups in total. The molecule has 0 nitrogen and oxygen atoms in total. The molecule has 0 fully saturated rings. The van der Waals surface area contributed by atoms with Crippen LogP contribution in [0.1, 0.15) is 40.5 Å². The molecule has 0 saturated carbocycles. The summed E-state index contributed by atoms with van der Waals surface area (Å²) in [4.78, 5) is -0.278. The van der Waals surface area contributed by atoms with E-state index in [1.807, 2.05) is 0 Å². The summed E-state index contributed by atoms with van der Waals surface area (Å²) in [5.41, 5.74) is 0. The SMILES string of the molecule is CCCCSC(C)(C)C.[I][V]([I])[I]. The summed E-state index contributed by atoms with van der Waals surface area (Å²) < 4.78 is 0.467. The molecule has 0 aromatic heterocycles. The fourth-order valence-corrected chi connectivity index (χ4v) is 1.57. The van der Waals surface area contributed by atoms with Gasteiger partial charge in [-0.3, -0.25) is 0 Å². The number of thioether (sulfide) groups is 1. The average Bonchev–Trinajstić information content (AvgIpc) is 1.83. The van der Waals surface area contributed by atoms with Gasteiger partial charge in [-0.1, -0.05) is 34.1 Å². The molecule has 0 rings (SSSR count). The van der Waals surface area contributed by atoms with Crippen molar-refractivity contribution in [1.82, 2.24) is 0 Å². The number of unbranched alkanes of at least 4 members (excludes halogenated alkanes) is 1. The summed E-state index contributed by atoms with van der Waals surface area (Å²) in [5.74, 6) is 1.32. The molecule has 0 amide bonds. The molecule has 0 atom stereocenters. The Hall–Kier alpha value is 3.12. The molecular formula is C8H18I3SV. The molecule has 0 aliphatic heterocycles. The zero-order chi connectivity index (χ0) is 10.9. The molecule has 0 heterocycles. The standard InChI is InChI=1S/C8H18S.3HI.V/c1-5-6-7-9-8(2,3)4;;;;/h5-7H2,1-4H3;3*1H;/q;;;;+3/p-3. The van der Waals surface area contributed by atoms with Crippen molar-refractivity contribution >= 4 is 71.7 Å². The van der Waals surface area contributed by atoms with Crippen LogP contribution in [0.25, 0.3) is 0 Å². The second kappa shape index (κ2) is 11.6. The van der Waals surface area contributed by atoms with Gasteiger partial charge >= 0.3 is 64.9 Å². The van der Waals surface area contributed by atoms with Gasteiger partial charge in [-0.25, -0.2) is 0 Å². The van der Waals surface area contributed by atoms with Gasteiger partial charge < -0.3 is 0 Å². The van der Waals surface area contributed by atoms with E-state index in [0.717, 1.165) is 0 Å². The number of hydrogen-bond acceptors (Lipinski definition) is 1. The van der Waals surface area contributed by atoms with Crippen molar-refractivity contribution in [1.29, 1.82) is 0 Å². The number of rotatable bonds is 3. The Balaban J connectivity index is 0. The molecule has 0 aromatic carbocycles. The van der Waals surface area contributed by atoms with Crippen molar-refractivity contribution < 1.29 is 4.92 Å². The third kappa shape index (κ3) is 31.3. The Morgan fingerprint density at radius 3 is 1.77 bits per heavy atom. The van der Waals surface area contributed by atoms with Gasteiger partial charge in [0.2, 0.25) is 0 Å². The molecule has 0 aliphatic rings. The molecule has 0 aromatic rings. The van der Waals surface area contributed by atoms with Gasteiger partial charge in [0.1, 0.15) is 0 Å². The van der Waals surface area contributed by atoms with Crippen molar-refractivity contribution in [2.75, 3.05) is 5.75 Å². The van der Waals surface area contributed by atoms with Crippen LogP contribution in [0.2, 0.25) is 0 Å². The van der Waals surface area contributed by atoms with Crippen LogP contribution in [0, 0.1) is 0 Å². The molecule has 0 aliphatic carbocycles. The first-order valence-electron chi connectivity index (χ1n) is 4.21. The first kappa shape index (κ1) is 18.5. The summed E-state index contributed by atoms with van der Waals surface area (Å²) in [6.07, 6.45) is 2.69. The van der Waals surface area contributed by atoms with Crippen LogP contribution in [0.4, 0.5) is 0 Å². The van der Waals surface area contributed by atoms with Crippen LogP contribution in [-0.4, -0.2) is 10.5 Å². The minimum atomic E-state index is -0.278. The molecule has 0 saturated heterocycles. The van der Waals surface area contributed by atoms with E-state index in [2.05, 4.69) is 99.4 Å². The van der Waals surface area contributed by atoms with Crippen LogP contribution in [0.15, 0.2) is 0 Å². The Morgan fingerprint density at radius 1 is 1.15 bits per heavy atom. The number of halogens is 3. The summed E-state index contributed by atoms with van der Waals surface area (Å²) in [6.45, 7) is 9.05. The van der Waals surface area contributed by atoms with Gasteiger partial charge in [-0.05, 0) is 12.2 Å². The summed E-state index contributed by atoms with van der Waals surface area (Å²) in [6, 6.07) is 0. The van der Waals surface area contributed by atoms with Crippen LogP contribution >= 0.6 is 71.7 Å². The molecule has 0 unspecified atom stereocenters. The minimum absolute atomic E-state index is 0.278. The van der Waals surface area contributed by atoms with Crippen molar-refractivity contribution in [3.8, 4) is 0 Å². The molecule has 82 valence electrons. The zero-order valence-electron chi connectivity index (χ0n) is 8.61. The first-order valence-corrected chi connectivity index (χ1v) is 18.7. The normalized spacial score (nSPS) is 11.1. The van der Waals surface area contributed by atoms with Crippen molar-refractivity contribution in [2.24, 2.45) is 0 Å². The summed E-state index contributed by atoms with van der Waals surface area (Å²) in [7, 11) is 0. The molecular weight excluding hydrogens is 560 g/mol. The maximum atomic E-state index is 2.46. The first-order chi connectivity index (χ1) is 5.79. The van der Waals surface area contributed by atoms with E-state index < -0.39 is 0 Å². The fourth-order valence-electron chi connectivity index (χ4n) is 0.523. The van der Waals surface area contributed by atoms with Crippen LogP contribution in [-0.2, 0) is 4.92 Å². The second-order valence-electron chi connectivity index (χ2n) is 3.51. The Morgan fingerprint density at radius 2 is 1.54 bits per heavy atom. The Labute approximate surface area is 125 Å². The molecule has 13 heavy (non-hydrogen) atoms. The Bertz CT molecular complexity index is 101.